The highest BCUT2D eigenvalue weighted by molar-refractivity contribution is 5.37. The molecule has 0 spiro atoms. The fourth-order valence-corrected chi connectivity index (χ4v) is 2.59. The minimum atomic E-state index is -0.703. The molecule has 2 heteroatoms. The zero-order valence-corrected chi connectivity index (χ0v) is 12.3. The zero-order valence-electron chi connectivity index (χ0n) is 12.3. The second kappa shape index (κ2) is 7.02. The van der Waals surface area contributed by atoms with Crippen LogP contribution >= 0.6 is 0 Å². The monoisotopic (exact) mass is 278 g/mol. The van der Waals surface area contributed by atoms with Crippen molar-refractivity contribution in [2.45, 2.75) is 5.66 Å². The van der Waals surface area contributed by atoms with Gasteiger partial charge in [-0.15, -0.1) is 13.2 Å². The van der Waals surface area contributed by atoms with Gasteiger partial charge in [0.25, 0.3) is 0 Å². The van der Waals surface area contributed by atoms with E-state index in [0.717, 1.165) is 11.1 Å². The molecule has 0 saturated heterocycles. The van der Waals surface area contributed by atoms with Crippen molar-refractivity contribution in [2.24, 2.45) is 5.73 Å². The van der Waals surface area contributed by atoms with Crippen LogP contribution in [-0.4, -0.2) is 18.0 Å². The van der Waals surface area contributed by atoms with Crippen LogP contribution in [0.3, 0.4) is 0 Å². The topological polar surface area (TPSA) is 29.3 Å². The molecule has 0 fully saturated rings. The van der Waals surface area contributed by atoms with Gasteiger partial charge in [-0.1, -0.05) is 72.8 Å². The summed E-state index contributed by atoms with van der Waals surface area (Å²) < 4.78 is 0. The molecule has 108 valence electrons. The lowest BCUT2D eigenvalue weighted by atomic mass is 9.90. The fourth-order valence-electron chi connectivity index (χ4n) is 2.59. The van der Waals surface area contributed by atoms with Gasteiger partial charge in [-0.05, 0) is 11.1 Å². The van der Waals surface area contributed by atoms with E-state index in [-0.39, 0.29) is 0 Å². The molecule has 2 N–H and O–H groups in total. The van der Waals surface area contributed by atoms with Crippen LogP contribution in [0.1, 0.15) is 11.1 Å². The standard InChI is InChI=1S/C19H22N2/c1-3-15-21(16-4-2)19(20,17-11-7-5-8-12-17)18-13-9-6-10-14-18/h3-14H,1-2,15-16,20H2. The van der Waals surface area contributed by atoms with Crippen LogP contribution < -0.4 is 5.73 Å². The van der Waals surface area contributed by atoms with Crippen LogP contribution in [0.25, 0.3) is 0 Å². The summed E-state index contributed by atoms with van der Waals surface area (Å²) >= 11 is 0. The summed E-state index contributed by atoms with van der Waals surface area (Å²) in [5, 5.41) is 0. The maximum absolute atomic E-state index is 6.89. The largest absolute Gasteiger partial charge is 0.305 e. The molecule has 0 aliphatic rings. The minimum absolute atomic E-state index is 0.687. The highest BCUT2D eigenvalue weighted by Crippen LogP contribution is 2.30. The average molecular weight is 278 g/mol. The smallest absolute Gasteiger partial charge is 0.122 e. The van der Waals surface area contributed by atoms with E-state index in [1.54, 1.807) is 0 Å². The van der Waals surface area contributed by atoms with E-state index in [1.807, 2.05) is 48.6 Å². The Kier molecular flexibility index (Phi) is 5.09. The van der Waals surface area contributed by atoms with Gasteiger partial charge in [0, 0.05) is 13.1 Å². The Morgan fingerprint density at radius 1 is 0.810 bits per heavy atom. The first-order valence-corrected chi connectivity index (χ1v) is 7.10. The Morgan fingerprint density at radius 3 is 1.52 bits per heavy atom. The van der Waals surface area contributed by atoms with E-state index in [1.165, 1.54) is 0 Å². The second-order valence-corrected chi connectivity index (χ2v) is 4.98. The third-order valence-electron chi connectivity index (χ3n) is 3.63. The van der Waals surface area contributed by atoms with Crippen molar-refractivity contribution < 1.29 is 0 Å². The van der Waals surface area contributed by atoms with Crippen molar-refractivity contribution in [3.63, 3.8) is 0 Å². The van der Waals surface area contributed by atoms with Gasteiger partial charge >= 0.3 is 0 Å². The van der Waals surface area contributed by atoms with Gasteiger partial charge in [-0.2, -0.15) is 0 Å². The highest BCUT2D eigenvalue weighted by Gasteiger charge is 2.35. The van der Waals surface area contributed by atoms with E-state index in [4.69, 9.17) is 5.73 Å². The maximum Gasteiger partial charge on any atom is 0.122 e. The second-order valence-electron chi connectivity index (χ2n) is 4.98. The number of benzene rings is 2. The van der Waals surface area contributed by atoms with E-state index >= 15 is 0 Å². The molecule has 2 rings (SSSR count). The quantitative estimate of drug-likeness (QED) is 0.620. The molecular formula is C19H22N2. The molecule has 0 heterocycles. The lowest BCUT2D eigenvalue weighted by Gasteiger charge is -2.41. The lowest BCUT2D eigenvalue weighted by Crippen LogP contribution is -2.54. The number of hydrogen-bond acceptors (Lipinski definition) is 2. The Labute approximate surface area is 127 Å². The fraction of sp³-hybridized carbons (Fsp3) is 0.158. The highest BCUT2D eigenvalue weighted by atomic mass is 15.3. The molecule has 2 aromatic rings. The molecule has 0 saturated carbocycles. The van der Waals surface area contributed by atoms with Crippen LogP contribution in [0.15, 0.2) is 86.0 Å². The molecule has 21 heavy (non-hydrogen) atoms. The third kappa shape index (κ3) is 3.13. The number of hydrogen-bond donors (Lipinski definition) is 1. The lowest BCUT2D eigenvalue weighted by molar-refractivity contribution is 0.162. The number of rotatable bonds is 7. The maximum atomic E-state index is 6.89. The van der Waals surface area contributed by atoms with Crippen LogP contribution in [0, 0.1) is 0 Å². The van der Waals surface area contributed by atoms with Gasteiger partial charge in [0.2, 0.25) is 0 Å². The molecule has 0 aromatic heterocycles. The molecule has 0 atom stereocenters. The first kappa shape index (κ1) is 15.2. The summed E-state index contributed by atoms with van der Waals surface area (Å²) in [5.74, 6) is 0. The zero-order chi connectivity index (χ0) is 15.1. The number of nitrogens with two attached hydrogens (primary N) is 1. The van der Waals surface area contributed by atoms with Crippen LogP contribution in [0.4, 0.5) is 0 Å². The van der Waals surface area contributed by atoms with Crippen molar-refractivity contribution in [3.8, 4) is 0 Å². The van der Waals surface area contributed by atoms with Crippen molar-refractivity contribution in [2.75, 3.05) is 13.1 Å². The molecule has 0 aliphatic heterocycles. The number of nitrogens with zero attached hydrogens (tertiary/aromatic N) is 1. The molecule has 0 amide bonds. The van der Waals surface area contributed by atoms with E-state index in [9.17, 15) is 0 Å². The van der Waals surface area contributed by atoms with Crippen molar-refractivity contribution in [1.82, 2.24) is 4.90 Å². The van der Waals surface area contributed by atoms with Crippen LogP contribution in [0.5, 0.6) is 0 Å². The molecule has 2 nitrogen and oxygen atoms in total. The van der Waals surface area contributed by atoms with Gasteiger partial charge in [0.15, 0.2) is 0 Å². The summed E-state index contributed by atoms with van der Waals surface area (Å²) in [6.07, 6.45) is 3.74. The summed E-state index contributed by atoms with van der Waals surface area (Å²) in [7, 11) is 0. The van der Waals surface area contributed by atoms with E-state index < -0.39 is 5.66 Å². The van der Waals surface area contributed by atoms with E-state index in [2.05, 4.69) is 42.3 Å². The summed E-state index contributed by atoms with van der Waals surface area (Å²) in [4.78, 5) is 2.16. The predicted octanol–water partition coefficient (Wildman–Crippen LogP) is 3.52. The Morgan fingerprint density at radius 2 is 1.19 bits per heavy atom. The molecule has 0 unspecified atom stereocenters. The molecule has 2 aromatic carbocycles. The average Bonchev–Trinajstić information content (AvgIpc) is 2.55. The molecule has 0 bridgehead atoms. The minimum Gasteiger partial charge on any atom is -0.305 e. The van der Waals surface area contributed by atoms with Gasteiger partial charge in [-0.3, -0.25) is 4.90 Å². The summed E-state index contributed by atoms with van der Waals surface area (Å²) in [5.41, 5.74) is 8.29. The van der Waals surface area contributed by atoms with Crippen LogP contribution in [0.2, 0.25) is 0 Å². The van der Waals surface area contributed by atoms with Gasteiger partial charge in [0.05, 0.1) is 0 Å². The Bertz CT molecular complexity index is 526. The Balaban J connectivity index is 2.58. The molecule has 0 radical (unpaired) electrons. The normalized spacial score (nSPS) is 11.3. The first-order chi connectivity index (χ1) is 10.2. The van der Waals surface area contributed by atoms with Crippen LogP contribution in [-0.2, 0) is 5.66 Å². The Hall–Kier alpha value is -2.16. The van der Waals surface area contributed by atoms with Crippen molar-refractivity contribution in [3.05, 3.63) is 97.1 Å². The van der Waals surface area contributed by atoms with E-state index in [0.29, 0.717) is 13.1 Å². The first-order valence-electron chi connectivity index (χ1n) is 7.10. The summed E-state index contributed by atoms with van der Waals surface area (Å²) in [6, 6.07) is 20.3. The van der Waals surface area contributed by atoms with Crippen molar-refractivity contribution >= 4 is 0 Å². The third-order valence-corrected chi connectivity index (χ3v) is 3.63. The molecular weight excluding hydrogens is 256 g/mol. The SMILES string of the molecule is C=CCN(CC=C)C(N)(c1ccccc1)c1ccccc1. The van der Waals surface area contributed by atoms with Gasteiger partial charge in [-0.25, -0.2) is 0 Å². The summed E-state index contributed by atoms with van der Waals surface area (Å²) in [6.45, 7) is 9.08. The van der Waals surface area contributed by atoms with Gasteiger partial charge in [0.1, 0.15) is 5.66 Å². The molecule has 0 aliphatic carbocycles. The van der Waals surface area contributed by atoms with Crippen molar-refractivity contribution in [1.29, 1.82) is 0 Å². The van der Waals surface area contributed by atoms with Gasteiger partial charge < -0.3 is 5.73 Å². The predicted molar refractivity (Wildman–Crippen MR) is 89.8 cm³/mol.